The Kier molecular flexibility index (Phi) is 2.69. The molecule has 106 valence electrons. The average Bonchev–Trinajstić information content (AvgIpc) is 3.13. The quantitative estimate of drug-likeness (QED) is 0.570. The van der Waals surface area contributed by atoms with Crippen molar-refractivity contribution in [3.8, 4) is 21.4 Å². The molecular weight excluding hydrogens is 304 g/mol. The van der Waals surface area contributed by atoms with E-state index < -0.39 is 0 Å². The predicted molar refractivity (Wildman–Crippen MR) is 83.6 cm³/mol. The predicted octanol–water partition coefficient (Wildman–Crippen LogP) is 2.93. The molecule has 21 heavy (non-hydrogen) atoms. The van der Waals surface area contributed by atoms with Gasteiger partial charge in [0.25, 0.3) is 0 Å². The smallest absolute Gasteiger partial charge is 0.235 e. The fourth-order valence-corrected chi connectivity index (χ4v) is 4.20. The zero-order valence-corrected chi connectivity index (χ0v) is 13.4. The number of aromatic nitrogens is 6. The molecule has 8 heteroatoms. The zero-order valence-electron chi connectivity index (χ0n) is 11.7. The largest absolute Gasteiger partial charge is 0.264 e. The molecule has 0 aliphatic carbocycles. The van der Waals surface area contributed by atoms with Gasteiger partial charge in [0.05, 0.1) is 10.6 Å². The van der Waals surface area contributed by atoms with E-state index in [9.17, 15) is 0 Å². The van der Waals surface area contributed by atoms with Gasteiger partial charge in [0.1, 0.15) is 5.69 Å². The summed E-state index contributed by atoms with van der Waals surface area (Å²) in [6, 6.07) is 4.10. The van der Waals surface area contributed by atoms with Crippen LogP contribution in [-0.4, -0.2) is 29.6 Å². The van der Waals surface area contributed by atoms with Crippen molar-refractivity contribution in [2.45, 2.75) is 13.8 Å². The van der Waals surface area contributed by atoms with Crippen LogP contribution in [0.15, 0.2) is 17.5 Å². The molecule has 6 nitrogen and oxygen atoms in total. The molecule has 0 unspecified atom stereocenters. The van der Waals surface area contributed by atoms with Gasteiger partial charge in [0, 0.05) is 7.05 Å². The molecule has 0 amide bonds. The number of thiophene rings is 1. The van der Waals surface area contributed by atoms with E-state index in [0.717, 1.165) is 27.2 Å². The third-order valence-corrected chi connectivity index (χ3v) is 5.35. The fraction of sp³-hybridized carbons (Fsp3) is 0.231. The number of rotatable bonds is 2. The minimum absolute atomic E-state index is 0.727. The maximum Gasteiger partial charge on any atom is 0.235 e. The van der Waals surface area contributed by atoms with Crippen LogP contribution >= 0.6 is 22.7 Å². The summed E-state index contributed by atoms with van der Waals surface area (Å²) in [6.07, 6.45) is 0. The third-order valence-electron chi connectivity index (χ3n) is 3.28. The summed E-state index contributed by atoms with van der Waals surface area (Å²) >= 11 is 3.26. The Balaban J connectivity index is 1.91. The highest BCUT2D eigenvalue weighted by molar-refractivity contribution is 7.24. The highest BCUT2D eigenvalue weighted by Crippen LogP contribution is 2.33. The monoisotopic (exact) mass is 316 g/mol. The summed E-state index contributed by atoms with van der Waals surface area (Å²) in [4.78, 5) is 1.99. The molecule has 0 saturated carbocycles. The lowest BCUT2D eigenvalue weighted by molar-refractivity contribution is 0.754. The van der Waals surface area contributed by atoms with Gasteiger partial charge in [-0.2, -0.15) is 14.7 Å². The van der Waals surface area contributed by atoms with E-state index >= 15 is 0 Å². The molecule has 0 aromatic carbocycles. The van der Waals surface area contributed by atoms with Gasteiger partial charge < -0.3 is 0 Å². The van der Waals surface area contributed by atoms with Gasteiger partial charge in [-0.3, -0.25) is 4.68 Å². The molecule has 0 N–H and O–H groups in total. The van der Waals surface area contributed by atoms with Crippen LogP contribution in [0.25, 0.3) is 26.4 Å². The highest BCUT2D eigenvalue weighted by Gasteiger charge is 2.18. The molecule has 4 aromatic heterocycles. The lowest BCUT2D eigenvalue weighted by atomic mass is 10.3. The van der Waals surface area contributed by atoms with E-state index in [0.29, 0.717) is 0 Å². The van der Waals surface area contributed by atoms with Crippen LogP contribution in [0.5, 0.6) is 0 Å². The summed E-state index contributed by atoms with van der Waals surface area (Å²) in [7, 11) is 1.90. The Hall–Kier alpha value is -2.06. The van der Waals surface area contributed by atoms with Crippen LogP contribution in [0.3, 0.4) is 0 Å². The first-order valence-corrected chi connectivity index (χ1v) is 8.11. The van der Waals surface area contributed by atoms with Gasteiger partial charge in [-0.25, -0.2) is 0 Å². The first kappa shape index (κ1) is 12.7. The molecule has 4 aromatic rings. The van der Waals surface area contributed by atoms with Crippen LogP contribution in [-0.2, 0) is 7.05 Å². The van der Waals surface area contributed by atoms with Crippen LogP contribution in [0.1, 0.15) is 11.3 Å². The van der Waals surface area contributed by atoms with E-state index in [-0.39, 0.29) is 0 Å². The van der Waals surface area contributed by atoms with Gasteiger partial charge in [0.15, 0.2) is 5.01 Å². The van der Waals surface area contributed by atoms with Gasteiger partial charge >= 0.3 is 0 Å². The van der Waals surface area contributed by atoms with Crippen molar-refractivity contribution in [2.75, 3.05) is 0 Å². The van der Waals surface area contributed by atoms with Crippen LogP contribution < -0.4 is 0 Å². The van der Waals surface area contributed by atoms with Crippen molar-refractivity contribution in [3.63, 3.8) is 0 Å². The van der Waals surface area contributed by atoms with Crippen molar-refractivity contribution in [3.05, 3.63) is 28.8 Å². The van der Waals surface area contributed by atoms with Gasteiger partial charge in [0.2, 0.25) is 10.8 Å². The van der Waals surface area contributed by atoms with Gasteiger partial charge in [-0.1, -0.05) is 11.3 Å². The van der Waals surface area contributed by atoms with Crippen LogP contribution in [0, 0.1) is 13.8 Å². The maximum absolute atomic E-state index is 4.68. The molecule has 0 spiro atoms. The lowest BCUT2D eigenvalue weighted by Crippen LogP contribution is -1.98. The van der Waals surface area contributed by atoms with Crippen molar-refractivity contribution in [1.29, 1.82) is 0 Å². The van der Waals surface area contributed by atoms with E-state index in [1.54, 1.807) is 31.9 Å². The second kappa shape index (κ2) is 4.47. The van der Waals surface area contributed by atoms with Gasteiger partial charge in [-0.05, 0) is 36.9 Å². The number of hydrogen-bond acceptors (Lipinski definition) is 6. The topological polar surface area (TPSA) is 60.9 Å². The molecule has 0 fully saturated rings. The first-order chi connectivity index (χ1) is 10.1. The van der Waals surface area contributed by atoms with Crippen molar-refractivity contribution in [2.24, 2.45) is 7.05 Å². The molecule has 0 saturated heterocycles. The second-order valence-corrected chi connectivity index (χ2v) is 6.72. The molecule has 0 atom stereocenters. The minimum Gasteiger partial charge on any atom is -0.264 e. The summed E-state index contributed by atoms with van der Waals surface area (Å²) in [5.74, 6) is 0.727. The molecule has 0 aliphatic heterocycles. The summed E-state index contributed by atoms with van der Waals surface area (Å²) in [5.41, 5.74) is 3.11. The molecule has 0 radical (unpaired) electrons. The molecule has 4 rings (SSSR count). The lowest BCUT2D eigenvalue weighted by Gasteiger charge is -1.96. The van der Waals surface area contributed by atoms with Crippen molar-refractivity contribution in [1.82, 2.24) is 29.6 Å². The number of hydrogen-bond donors (Lipinski definition) is 0. The number of nitrogens with zero attached hydrogens (tertiary/aromatic N) is 6. The maximum atomic E-state index is 4.68. The normalized spacial score (nSPS) is 11.6. The SMILES string of the molecule is Cc1cc(-c2nnc3sc(-c4sccc4C)nn23)n(C)n1. The Morgan fingerprint density at radius 2 is 2.00 bits per heavy atom. The average molecular weight is 316 g/mol. The number of aryl methyl sites for hydroxylation is 3. The molecule has 0 aliphatic rings. The Morgan fingerprint density at radius 3 is 2.67 bits per heavy atom. The standard InChI is InChI=1S/C13H12N6S2/c1-7-4-5-20-10(7)12-17-19-11(14-15-13(19)21-12)9-6-8(2)16-18(9)3/h4-6H,1-3H3. The fourth-order valence-electron chi connectivity index (χ4n) is 2.28. The van der Waals surface area contributed by atoms with E-state index in [1.807, 2.05) is 20.0 Å². The summed E-state index contributed by atoms with van der Waals surface area (Å²) in [6.45, 7) is 4.06. The van der Waals surface area contributed by atoms with Crippen molar-refractivity contribution >= 4 is 27.6 Å². The zero-order chi connectivity index (χ0) is 14.6. The Labute approximate surface area is 128 Å². The van der Waals surface area contributed by atoms with E-state index in [1.165, 1.54) is 10.4 Å². The third kappa shape index (κ3) is 1.90. The Morgan fingerprint density at radius 1 is 1.14 bits per heavy atom. The van der Waals surface area contributed by atoms with E-state index in [4.69, 9.17) is 0 Å². The minimum atomic E-state index is 0.727. The van der Waals surface area contributed by atoms with E-state index in [2.05, 4.69) is 38.8 Å². The summed E-state index contributed by atoms with van der Waals surface area (Å²) in [5, 5.41) is 20.6. The van der Waals surface area contributed by atoms with Crippen molar-refractivity contribution < 1.29 is 0 Å². The molecular formula is C13H12N6S2. The summed E-state index contributed by atoms with van der Waals surface area (Å²) < 4.78 is 3.61. The number of fused-ring (bicyclic) bond motifs is 1. The second-order valence-electron chi connectivity index (χ2n) is 4.85. The molecule has 0 bridgehead atoms. The van der Waals surface area contributed by atoms with Crippen LogP contribution in [0.2, 0.25) is 0 Å². The first-order valence-electron chi connectivity index (χ1n) is 6.41. The Bertz CT molecular complexity index is 941. The highest BCUT2D eigenvalue weighted by atomic mass is 32.1. The molecule has 4 heterocycles. The van der Waals surface area contributed by atoms with Crippen LogP contribution in [0.4, 0.5) is 0 Å². The van der Waals surface area contributed by atoms with Gasteiger partial charge in [-0.15, -0.1) is 21.5 Å².